The first-order valence-corrected chi connectivity index (χ1v) is 7.08. The van der Waals surface area contributed by atoms with Crippen LogP contribution in [0.4, 0.5) is 11.4 Å². The van der Waals surface area contributed by atoms with E-state index in [4.69, 9.17) is 5.11 Å². The molecule has 0 unspecified atom stereocenters. The number of carbonyl (C=O) groups is 1. The monoisotopic (exact) mass is 301 g/mol. The summed E-state index contributed by atoms with van der Waals surface area (Å²) in [7, 11) is 0. The van der Waals surface area contributed by atoms with Crippen molar-refractivity contribution in [2.75, 3.05) is 18.0 Å². The van der Waals surface area contributed by atoms with E-state index < -0.39 is 5.97 Å². The molecule has 0 amide bonds. The maximum atomic E-state index is 11.5. The molecule has 7 nitrogen and oxygen atoms in total. The summed E-state index contributed by atoms with van der Waals surface area (Å²) in [6.07, 6.45) is 2.60. The molecule has 0 atom stereocenters. The molecule has 1 aromatic carbocycles. The second-order valence-corrected chi connectivity index (χ2v) is 5.36. The number of fused-ring (bicyclic) bond motifs is 1. The van der Waals surface area contributed by atoms with Crippen LogP contribution in [0.1, 0.15) is 12.8 Å². The highest BCUT2D eigenvalue weighted by Crippen LogP contribution is 2.36. The summed E-state index contributed by atoms with van der Waals surface area (Å²) in [5, 5.41) is 21.1. The van der Waals surface area contributed by atoms with Crippen LogP contribution >= 0.6 is 0 Å². The number of piperidine rings is 1. The molecule has 114 valence electrons. The minimum atomic E-state index is -0.795. The third kappa shape index (κ3) is 2.45. The van der Waals surface area contributed by atoms with Crippen molar-refractivity contribution in [1.82, 2.24) is 4.98 Å². The molecule has 1 fully saturated rings. The average molecular weight is 301 g/mol. The van der Waals surface area contributed by atoms with Gasteiger partial charge < -0.3 is 10.0 Å². The van der Waals surface area contributed by atoms with E-state index in [1.54, 1.807) is 30.5 Å². The van der Waals surface area contributed by atoms with Gasteiger partial charge in [-0.05, 0) is 37.1 Å². The number of hydrogen-bond acceptors (Lipinski definition) is 5. The molecular formula is C15H15N3O4. The molecule has 22 heavy (non-hydrogen) atoms. The first kappa shape index (κ1) is 14.2. The Balaban J connectivity index is 1.99. The van der Waals surface area contributed by atoms with E-state index in [0.29, 0.717) is 42.5 Å². The van der Waals surface area contributed by atoms with Crippen molar-refractivity contribution in [2.24, 2.45) is 5.92 Å². The molecule has 0 spiro atoms. The fourth-order valence-corrected chi connectivity index (χ4v) is 2.94. The number of benzene rings is 1. The number of carboxylic acids is 1. The SMILES string of the molecule is O=C(O)C1CCN(c2ccc3ncccc3c2[N+](=O)[O-])CC1. The summed E-state index contributed by atoms with van der Waals surface area (Å²) >= 11 is 0. The molecule has 0 radical (unpaired) electrons. The fraction of sp³-hybridized carbons (Fsp3) is 0.333. The molecular weight excluding hydrogens is 286 g/mol. The summed E-state index contributed by atoms with van der Waals surface area (Å²) in [5.41, 5.74) is 1.16. The van der Waals surface area contributed by atoms with Crippen molar-refractivity contribution in [3.63, 3.8) is 0 Å². The van der Waals surface area contributed by atoms with Crippen molar-refractivity contribution < 1.29 is 14.8 Å². The summed E-state index contributed by atoms with van der Waals surface area (Å²) in [6, 6.07) is 6.83. The smallest absolute Gasteiger partial charge is 0.306 e. The lowest BCUT2D eigenvalue weighted by Gasteiger charge is -2.31. The number of rotatable bonds is 3. The van der Waals surface area contributed by atoms with Crippen LogP contribution in [0, 0.1) is 16.0 Å². The molecule has 1 aromatic heterocycles. The largest absolute Gasteiger partial charge is 0.481 e. The molecule has 3 rings (SSSR count). The van der Waals surface area contributed by atoms with E-state index >= 15 is 0 Å². The fourth-order valence-electron chi connectivity index (χ4n) is 2.94. The second kappa shape index (κ2) is 5.59. The lowest BCUT2D eigenvalue weighted by molar-refractivity contribution is -0.382. The number of aliphatic carboxylic acids is 1. The molecule has 1 aliphatic rings. The molecule has 7 heteroatoms. The predicted molar refractivity (Wildman–Crippen MR) is 81.0 cm³/mol. The van der Waals surface area contributed by atoms with Crippen LogP contribution in [0.3, 0.4) is 0 Å². The number of anilines is 1. The topological polar surface area (TPSA) is 96.6 Å². The first-order chi connectivity index (χ1) is 10.6. The summed E-state index contributed by atoms with van der Waals surface area (Å²) in [6.45, 7) is 1.01. The van der Waals surface area contributed by atoms with E-state index in [9.17, 15) is 14.9 Å². The maximum Gasteiger partial charge on any atom is 0.306 e. The molecule has 0 aliphatic carbocycles. The molecule has 1 saturated heterocycles. The van der Waals surface area contributed by atoms with Gasteiger partial charge >= 0.3 is 11.7 Å². The lowest BCUT2D eigenvalue weighted by atomic mass is 9.96. The minimum Gasteiger partial charge on any atom is -0.481 e. The standard InChI is InChI=1S/C15H15N3O4/c19-15(20)10-5-8-17(9-6-10)13-4-3-12-11(2-1-7-16-12)14(13)18(21)22/h1-4,7,10H,5-6,8-9H2,(H,19,20). The van der Waals surface area contributed by atoms with Crippen molar-refractivity contribution in [2.45, 2.75) is 12.8 Å². The maximum absolute atomic E-state index is 11.5. The summed E-state index contributed by atoms with van der Waals surface area (Å²) < 4.78 is 0. The Bertz CT molecular complexity index is 739. The molecule has 0 saturated carbocycles. The normalized spacial score (nSPS) is 15.9. The van der Waals surface area contributed by atoms with Crippen molar-refractivity contribution in [3.05, 3.63) is 40.6 Å². The Morgan fingerprint density at radius 1 is 1.32 bits per heavy atom. The number of carboxylic acid groups (broad SMARTS) is 1. The number of aromatic nitrogens is 1. The third-order valence-electron chi connectivity index (χ3n) is 4.10. The Morgan fingerprint density at radius 3 is 2.68 bits per heavy atom. The van der Waals surface area contributed by atoms with Gasteiger partial charge in [0.1, 0.15) is 5.69 Å². The summed E-state index contributed by atoms with van der Waals surface area (Å²) in [5.74, 6) is -1.16. The summed E-state index contributed by atoms with van der Waals surface area (Å²) in [4.78, 5) is 28.2. The number of nitro groups is 1. The van der Waals surface area contributed by atoms with E-state index in [0.717, 1.165) is 0 Å². The zero-order valence-electron chi connectivity index (χ0n) is 11.8. The van der Waals surface area contributed by atoms with Gasteiger partial charge in [0, 0.05) is 19.3 Å². The van der Waals surface area contributed by atoms with Gasteiger partial charge in [-0.1, -0.05) is 0 Å². The highest BCUT2D eigenvalue weighted by atomic mass is 16.6. The van der Waals surface area contributed by atoms with Gasteiger partial charge in [-0.2, -0.15) is 0 Å². The lowest BCUT2D eigenvalue weighted by Crippen LogP contribution is -2.36. The Labute approximate surface area is 126 Å². The number of nitrogens with zero attached hydrogens (tertiary/aromatic N) is 3. The van der Waals surface area contributed by atoms with Crippen molar-refractivity contribution in [3.8, 4) is 0 Å². The first-order valence-electron chi connectivity index (χ1n) is 7.08. The van der Waals surface area contributed by atoms with E-state index in [-0.39, 0.29) is 16.5 Å². The molecule has 1 N–H and O–H groups in total. The number of pyridine rings is 1. The van der Waals surface area contributed by atoms with Crippen LogP contribution in [-0.2, 0) is 4.79 Å². The van der Waals surface area contributed by atoms with Gasteiger partial charge in [0.2, 0.25) is 0 Å². The van der Waals surface area contributed by atoms with Crippen LogP contribution in [0.25, 0.3) is 10.9 Å². The predicted octanol–water partition coefficient (Wildman–Crippen LogP) is 2.44. The zero-order valence-corrected chi connectivity index (χ0v) is 11.8. The second-order valence-electron chi connectivity index (χ2n) is 5.36. The minimum absolute atomic E-state index is 0.0411. The Hall–Kier alpha value is -2.70. The molecule has 1 aliphatic heterocycles. The third-order valence-corrected chi connectivity index (χ3v) is 4.10. The molecule has 2 heterocycles. The molecule has 0 bridgehead atoms. The average Bonchev–Trinajstić information content (AvgIpc) is 2.53. The van der Waals surface area contributed by atoms with Crippen molar-refractivity contribution in [1.29, 1.82) is 0 Å². The van der Waals surface area contributed by atoms with Crippen molar-refractivity contribution >= 4 is 28.2 Å². The van der Waals surface area contributed by atoms with Crippen LogP contribution in [0.15, 0.2) is 30.5 Å². The van der Waals surface area contributed by atoms with E-state index in [2.05, 4.69) is 4.98 Å². The van der Waals surface area contributed by atoms with Gasteiger partial charge in [0.15, 0.2) is 0 Å². The van der Waals surface area contributed by atoms with E-state index in [1.165, 1.54) is 0 Å². The van der Waals surface area contributed by atoms with Gasteiger partial charge in [0.05, 0.1) is 21.7 Å². The highest BCUT2D eigenvalue weighted by molar-refractivity contribution is 5.94. The van der Waals surface area contributed by atoms with Crippen LogP contribution in [0.5, 0.6) is 0 Å². The van der Waals surface area contributed by atoms with Gasteiger partial charge in [0.25, 0.3) is 0 Å². The Kier molecular flexibility index (Phi) is 3.62. The van der Waals surface area contributed by atoms with Gasteiger partial charge in [-0.25, -0.2) is 0 Å². The highest BCUT2D eigenvalue weighted by Gasteiger charge is 2.29. The van der Waals surface area contributed by atoms with Gasteiger partial charge in [-0.15, -0.1) is 0 Å². The van der Waals surface area contributed by atoms with Crippen LogP contribution < -0.4 is 4.90 Å². The zero-order chi connectivity index (χ0) is 15.7. The number of hydrogen-bond donors (Lipinski definition) is 1. The van der Waals surface area contributed by atoms with E-state index in [1.807, 2.05) is 4.90 Å². The number of nitro benzene ring substituents is 1. The van der Waals surface area contributed by atoms with Gasteiger partial charge in [-0.3, -0.25) is 19.9 Å². The Morgan fingerprint density at radius 2 is 2.05 bits per heavy atom. The quantitative estimate of drug-likeness (QED) is 0.691. The van der Waals surface area contributed by atoms with Crippen LogP contribution in [-0.4, -0.2) is 34.1 Å². The molecule has 2 aromatic rings. The van der Waals surface area contributed by atoms with Crippen LogP contribution in [0.2, 0.25) is 0 Å².